The zero-order chi connectivity index (χ0) is 26.4. The lowest BCUT2D eigenvalue weighted by Gasteiger charge is -2.46. The van der Waals surface area contributed by atoms with Crippen molar-refractivity contribution in [3.8, 4) is 5.75 Å². The van der Waals surface area contributed by atoms with E-state index >= 15 is 0 Å². The highest BCUT2D eigenvalue weighted by atomic mass is 35.5. The number of carbonyl (C=O) groups excluding carboxylic acids is 2. The van der Waals surface area contributed by atoms with Gasteiger partial charge in [-0.2, -0.15) is 0 Å². The lowest BCUT2D eigenvalue weighted by molar-refractivity contribution is -0.142. The van der Waals surface area contributed by atoms with Gasteiger partial charge < -0.3 is 14.5 Å². The fourth-order valence-electron chi connectivity index (χ4n) is 6.22. The van der Waals surface area contributed by atoms with Crippen molar-refractivity contribution in [2.45, 2.75) is 50.4 Å². The molecule has 2 saturated carbocycles. The number of benzene rings is 2. The van der Waals surface area contributed by atoms with Gasteiger partial charge in [-0.25, -0.2) is 8.78 Å². The topological polar surface area (TPSA) is 49.9 Å². The van der Waals surface area contributed by atoms with Gasteiger partial charge in [0.05, 0.1) is 22.6 Å². The van der Waals surface area contributed by atoms with E-state index in [1.54, 1.807) is 32.3 Å². The summed E-state index contributed by atoms with van der Waals surface area (Å²) in [7, 11) is 3.37. The Balaban J connectivity index is 1.13. The number of hydrogen-bond donors (Lipinski definition) is 0. The molecule has 5 nitrogen and oxygen atoms in total. The largest absolute Gasteiger partial charge is 0.494 e. The third-order valence-corrected chi connectivity index (χ3v) is 9.09. The van der Waals surface area contributed by atoms with E-state index in [4.69, 9.17) is 16.3 Å². The monoisotopic (exact) mass is 530 g/mol. The molecule has 8 heteroatoms. The van der Waals surface area contributed by atoms with E-state index in [1.165, 1.54) is 11.0 Å². The summed E-state index contributed by atoms with van der Waals surface area (Å²) in [6.45, 7) is 1.88. The van der Waals surface area contributed by atoms with Crippen LogP contribution in [0.2, 0.25) is 5.02 Å². The van der Waals surface area contributed by atoms with Gasteiger partial charge in [0.25, 0.3) is 5.91 Å². The zero-order valence-corrected chi connectivity index (χ0v) is 22.1. The number of likely N-dealkylation sites (tertiary alicyclic amines) is 1. The summed E-state index contributed by atoms with van der Waals surface area (Å²) in [4.78, 5) is 29.0. The molecule has 0 N–H and O–H groups in total. The summed E-state index contributed by atoms with van der Waals surface area (Å²) < 4.78 is 34.4. The average Bonchev–Trinajstić information content (AvgIpc) is 3.51. The van der Waals surface area contributed by atoms with Gasteiger partial charge in [0.15, 0.2) is 0 Å². The Labute approximate surface area is 221 Å². The van der Waals surface area contributed by atoms with Gasteiger partial charge >= 0.3 is 0 Å². The first-order chi connectivity index (χ1) is 17.6. The molecule has 5 rings (SSSR count). The maximum absolute atomic E-state index is 14.6. The standard InChI is InChI=1S/C29H33ClF2N2O3/c1-33(2)26(35)22-6-5-21(17-24(22)30)37-15-8-19-18-28(19)11-13-34(14-12-28)27(36)29(9-3-10-29)23-16-20(31)4-7-25(23)32/h4-7,16-17,19H,3,8-15,18H2,1-2H3/t19-/m1/s1. The summed E-state index contributed by atoms with van der Waals surface area (Å²) in [6.07, 6.45) is 5.89. The summed E-state index contributed by atoms with van der Waals surface area (Å²) in [5.74, 6) is -0.00182. The number of halogens is 3. The lowest BCUT2D eigenvalue weighted by Crippen LogP contribution is -2.53. The van der Waals surface area contributed by atoms with Crippen molar-refractivity contribution in [1.29, 1.82) is 0 Å². The van der Waals surface area contributed by atoms with Crippen molar-refractivity contribution in [2.24, 2.45) is 11.3 Å². The molecule has 2 aliphatic carbocycles. The van der Waals surface area contributed by atoms with Crippen LogP contribution in [0, 0.1) is 23.0 Å². The van der Waals surface area contributed by atoms with Crippen LogP contribution in [0.3, 0.4) is 0 Å². The molecule has 198 valence electrons. The van der Waals surface area contributed by atoms with E-state index in [2.05, 4.69) is 0 Å². The molecule has 1 aliphatic heterocycles. The second kappa shape index (κ2) is 9.90. The lowest BCUT2D eigenvalue weighted by atomic mass is 9.63. The molecule has 1 atom stereocenters. The molecular formula is C29H33ClF2N2O3. The molecule has 2 aromatic carbocycles. The Kier molecular flexibility index (Phi) is 6.94. The van der Waals surface area contributed by atoms with Crippen molar-refractivity contribution < 1.29 is 23.1 Å². The smallest absolute Gasteiger partial charge is 0.254 e. The van der Waals surface area contributed by atoms with Crippen molar-refractivity contribution in [3.63, 3.8) is 0 Å². The van der Waals surface area contributed by atoms with E-state index in [0.717, 1.165) is 44.2 Å². The molecule has 2 amide bonds. The highest BCUT2D eigenvalue weighted by Crippen LogP contribution is 2.61. The van der Waals surface area contributed by atoms with Crippen LogP contribution in [0.1, 0.15) is 60.9 Å². The normalized spacial score (nSPS) is 21.3. The molecule has 3 aliphatic rings. The van der Waals surface area contributed by atoms with Crippen LogP contribution >= 0.6 is 11.6 Å². The quantitative estimate of drug-likeness (QED) is 0.452. The molecule has 1 saturated heterocycles. The number of amides is 2. The highest BCUT2D eigenvalue weighted by molar-refractivity contribution is 6.34. The first kappa shape index (κ1) is 26.0. The summed E-state index contributed by atoms with van der Waals surface area (Å²) in [6, 6.07) is 8.58. The van der Waals surface area contributed by atoms with Gasteiger partial charge in [-0.15, -0.1) is 0 Å². The molecule has 2 aromatic rings. The number of piperidine rings is 1. The highest BCUT2D eigenvalue weighted by Gasteiger charge is 2.56. The van der Waals surface area contributed by atoms with Gasteiger partial charge in [-0.1, -0.05) is 18.0 Å². The van der Waals surface area contributed by atoms with Gasteiger partial charge in [-0.05, 0) is 86.3 Å². The van der Waals surface area contributed by atoms with Crippen LogP contribution in [0.4, 0.5) is 8.78 Å². The Morgan fingerprint density at radius 1 is 1.08 bits per heavy atom. The van der Waals surface area contributed by atoms with Gasteiger partial charge in [0.1, 0.15) is 17.4 Å². The maximum Gasteiger partial charge on any atom is 0.254 e. The van der Waals surface area contributed by atoms with E-state index in [1.807, 2.05) is 4.90 Å². The van der Waals surface area contributed by atoms with Crippen LogP contribution < -0.4 is 4.74 Å². The Morgan fingerprint density at radius 2 is 1.81 bits per heavy atom. The van der Waals surface area contributed by atoms with Crippen molar-refractivity contribution in [2.75, 3.05) is 33.8 Å². The second-order valence-electron chi connectivity index (χ2n) is 11.1. The van der Waals surface area contributed by atoms with Crippen LogP contribution in [0.5, 0.6) is 5.75 Å². The number of ether oxygens (including phenoxy) is 1. The van der Waals surface area contributed by atoms with E-state index in [0.29, 0.717) is 54.8 Å². The summed E-state index contributed by atoms with van der Waals surface area (Å²) >= 11 is 6.28. The summed E-state index contributed by atoms with van der Waals surface area (Å²) in [5.41, 5.74) is -0.00651. The van der Waals surface area contributed by atoms with Crippen molar-refractivity contribution >= 4 is 23.4 Å². The Bertz CT molecular complexity index is 1210. The minimum atomic E-state index is -0.915. The molecule has 37 heavy (non-hydrogen) atoms. The fraction of sp³-hybridized carbons (Fsp3) is 0.517. The fourth-order valence-corrected chi connectivity index (χ4v) is 6.47. The molecule has 0 bridgehead atoms. The van der Waals surface area contributed by atoms with Crippen molar-refractivity contribution in [1.82, 2.24) is 9.80 Å². The van der Waals surface area contributed by atoms with Gasteiger partial charge in [-0.3, -0.25) is 9.59 Å². The third-order valence-electron chi connectivity index (χ3n) is 8.78. The minimum Gasteiger partial charge on any atom is -0.494 e. The Hall–Kier alpha value is -2.67. The molecule has 1 spiro atoms. The van der Waals surface area contributed by atoms with Gasteiger partial charge in [0, 0.05) is 32.7 Å². The molecule has 1 heterocycles. The molecule has 0 unspecified atom stereocenters. The second-order valence-corrected chi connectivity index (χ2v) is 11.5. The molecule has 0 aromatic heterocycles. The number of rotatable bonds is 7. The average molecular weight is 531 g/mol. The predicted octanol–water partition coefficient (Wildman–Crippen LogP) is 5.84. The SMILES string of the molecule is CN(C)C(=O)c1ccc(OCC[C@@H]2CC23CCN(C(=O)C2(c4cc(F)ccc4F)CCC2)CC3)cc1Cl. The van der Waals surface area contributed by atoms with Crippen LogP contribution in [0.25, 0.3) is 0 Å². The van der Waals surface area contributed by atoms with E-state index in [-0.39, 0.29) is 22.8 Å². The van der Waals surface area contributed by atoms with Crippen molar-refractivity contribution in [3.05, 3.63) is 64.2 Å². The predicted molar refractivity (Wildman–Crippen MR) is 138 cm³/mol. The van der Waals surface area contributed by atoms with Crippen LogP contribution in [-0.2, 0) is 10.2 Å². The molecular weight excluding hydrogens is 498 g/mol. The molecule has 3 fully saturated rings. The first-order valence-electron chi connectivity index (χ1n) is 13.0. The van der Waals surface area contributed by atoms with Crippen LogP contribution in [0.15, 0.2) is 36.4 Å². The van der Waals surface area contributed by atoms with E-state index < -0.39 is 17.0 Å². The first-order valence-corrected chi connectivity index (χ1v) is 13.4. The van der Waals surface area contributed by atoms with E-state index in [9.17, 15) is 18.4 Å². The molecule has 0 radical (unpaired) electrons. The number of hydrogen-bond acceptors (Lipinski definition) is 3. The van der Waals surface area contributed by atoms with Crippen LogP contribution in [-0.4, -0.2) is 55.4 Å². The Morgan fingerprint density at radius 3 is 2.43 bits per heavy atom. The third kappa shape index (κ3) is 4.83. The minimum absolute atomic E-state index is 0.0493. The summed E-state index contributed by atoms with van der Waals surface area (Å²) in [5, 5.41) is 0.374. The number of carbonyl (C=O) groups is 2. The zero-order valence-electron chi connectivity index (χ0n) is 21.4. The number of nitrogens with zero attached hydrogens (tertiary/aromatic N) is 2. The van der Waals surface area contributed by atoms with Gasteiger partial charge in [0.2, 0.25) is 5.91 Å². The maximum atomic E-state index is 14.6.